The van der Waals surface area contributed by atoms with Crippen LogP contribution in [0.3, 0.4) is 0 Å². The minimum atomic E-state index is 0.489. The van der Waals surface area contributed by atoms with Gasteiger partial charge in [0, 0.05) is 24.9 Å². The average molecular weight is 209 g/mol. The Morgan fingerprint density at radius 2 is 2.00 bits per heavy atom. The van der Waals surface area contributed by atoms with Gasteiger partial charge in [0.05, 0.1) is 0 Å². The monoisotopic (exact) mass is 209 g/mol. The van der Waals surface area contributed by atoms with E-state index in [2.05, 4.69) is 11.8 Å². The minimum Gasteiger partial charge on any atom is -0.300 e. The topological polar surface area (TPSA) is 20.3 Å². The number of Topliss-reactive ketones (excluding diaryl/α,β-unsaturated/α-hetero) is 1. The first-order valence-corrected chi connectivity index (χ1v) is 6.55. The van der Waals surface area contributed by atoms with Gasteiger partial charge in [-0.15, -0.1) is 0 Å². The van der Waals surface area contributed by atoms with Crippen molar-refractivity contribution in [3.05, 3.63) is 0 Å². The van der Waals surface area contributed by atoms with Crippen LogP contribution in [0.15, 0.2) is 0 Å². The van der Waals surface area contributed by atoms with Gasteiger partial charge in [0.15, 0.2) is 0 Å². The molecule has 2 nitrogen and oxygen atoms in total. The highest BCUT2D eigenvalue weighted by atomic mass is 16.1. The molecule has 0 amide bonds. The van der Waals surface area contributed by atoms with Gasteiger partial charge < -0.3 is 0 Å². The largest absolute Gasteiger partial charge is 0.300 e. The maximum Gasteiger partial charge on any atom is 0.134 e. The van der Waals surface area contributed by atoms with Gasteiger partial charge in [-0.25, -0.2) is 0 Å². The Labute approximate surface area is 93.0 Å². The van der Waals surface area contributed by atoms with Crippen molar-refractivity contribution in [1.82, 2.24) is 4.90 Å². The second-order valence-electron chi connectivity index (χ2n) is 5.23. The van der Waals surface area contributed by atoms with E-state index >= 15 is 0 Å². The molecule has 0 radical (unpaired) electrons. The Morgan fingerprint density at radius 3 is 2.80 bits per heavy atom. The number of carbonyl (C=O) groups is 1. The highest BCUT2D eigenvalue weighted by Gasteiger charge is 2.28. The van der Waals surface area contributed by atoms with E-state index < -0.39 is 0 Å². The van der Waals surface area contributed by atoms with E-state index in [0.717, 1.165) is 19.3 Å². The normalized spacial score (nSPS) is 35.1. The number of hydrogen-bond acceptors (Lipinski definition) is 2. The summed E-state index contributed by atoms with van der Waals surface area (Å²) in [7, 11) is 0. The highest BCUT2D eigenvalue weighted by molar-refractivity contribution is 5.79. The van der Waals surface area contributed by atoms with Crippen LogP contribution in [0, 0.1) is 0 Å². The summed E-state index contributed by atoms with van der Waals surface area (Å²) in [5.41, 5.74) is 0. The minimum absolute atomic E-state index is 0.489. The molecule has 1 aliphatic carbocycles. The molecule has 86 valence electrons. The van der Waals surface area contributed by atoms with Crippen molar-refractivity contribution in [3.8, 4) is 0 Å². The zero-order chi connectivity index (χ0) is 10.7. The van der Waals surface area contributed by atoms with Crippen molar-refractivity contribution in [3.63, 3.8) is 0 Å². The van der Waals surface area contributed by atoms with Gasteiger partial charge in [-0.05, 0) is 39.2 Å². The van der Waals surface area contributed by atoms with Gasteiger partial charge >= 0.3 is 0 Å². The third kappa shape index (κ3) is 2.81. The first kappa shape index (κ1) is 11.1. The standard InChI is InChI=1S/C13H23NO/c1-11-6-3-2-4-9-14(11)12-7-5-8-13(15)10-12/h11-12H,2-10H2,1H3. The fourth-order valence-electron chi connectivity index (χ4n) is 3.12. The molecule has 1 heterocycles. The van der Waals surface area contributed by atoms with Crippen molar-refractivity contribution in [2.24, 2.45) is 0 Å². The SMILES string of the molecule is CC1CCCCCN1C1CCCC(=O)C1. The van der Waals surface area contributed by atoms with Crippen LogP contribution in [0.1, 0.15) is 58.3 Å². The van der Waals surface area contributed by atoms with Gasteiger partial charge in [0.2, 0.25) is 0 Å². The van der Waals surface area contributed by atoms with Crippen LogP contribution in [0.4, 0.5) is 0 Å². The second kappa shape index (κ2) is 5.11. The van der Waals surface area contributed by atoms with Crippen LogP contribution in [-0.4, -0.2) is 29.3 Å². The number of hydrogen-bond donors (Lipinski definition) is 0. The average Bonchev–Trinajstić information content (AvgIpc) is 2.43. The van der Waals surface area contributed by atoms with Crippen molar-refractivity contribution in [2.45, 2.75) is 70.4 Å². The predicted molar refractivity (Wildman–Crippen MR) is 61.9 cm³/mol. The zero-order valence-electron chi connectivity index (χ0n) is 9.87. The molecule has 2 unspecified atom stereocenters. The molecular formula is C13H23NO. The molecule has 2 rings (SSSR count). The summed E-state index contributed by atoms with van der Waals surface area (Å²) in [6.45, 7) is 3.56. The van der Waals surface area contributed by atoms with Crippen LogP contribution in [0.2, 0.25) is 0 Å². The molecule has 0 aromatic rings. The first-order valence-electron chi connectivity index (χ1n) is 6.55. The molecule has 2 atom stereocenters. The van der Waals surface area contributed by atoms with Crippen LogP contribution in [0.25, 0.3) is 0 Å². The highest BCUT2D eigenvalue weighted by Crippen LogP contribution is 2.26. The maximum absolute atomic E-state index is 11.5. The van der Waals surface area contributed by atoms with E-state index in [4.69, 9.17) is 0 Å². The lowest BCUT2D eigenvalue weighted by atomic mass is 9.92. The van der Waals surface area contributed by atoms with Gasteiger partial charge in [0.1, 0.15) is 5.78 Å². The van der Waals surface area contributed by atoms with E-state index in [1.165, 1.54) is 38.6 Å². The van der Waals surface area contributed by atoms with Gasteiger partial charge in [-0.1, -0.05) is 12.8 Å². The summed E-state index contributed by atoms with van der Waals surface area (Å²) in [6.07, 6.45) is 9.42. The summed E-state index contributed by atoms with van der Waals surface area (Å²) < 4.78 is 0. The summed E-state index contributed by atoms with van der Waals surface area (Å²) in [6, 6.07) is 1.27. The van der Waals surface area contributed by atoms with E-state index in [-0.39, 0.29) is 0 Å². The smallest absolute Gasteiger partial charge is 0.134 e. The molecule has 0 spiro atoms. The molecule has 2 heteroatoms. The van der Waals surface area contributed by atoms with Crippen LogP contribution < -0.4 is 0 Å². The van der Waals surface area contributed by atoms with Crippen molar-refractivity contribution >= 4 is 5.78 Å². The summed E-state index contributed by atoms with van der Waals surface area (Å²) in [5.74, 6) is 0.489. The number of carbonyl (C=O) groups excluding carboxylic acids is 1. The molecule has 0 bridgehead atoms. The Hall–Kier alpha value is -0.370. The summed E-state index contributed by atoms with van der Waals surface area (Å²) >= 11 is 0. The molecule has 0 aromatic carbocycles. The van der Waals surface area contributed by atoms with Crippen LogP contribution >= 0.6 is 0 Å². The number of likely N-dealkylation sites (tertiary alicyclic amines) is 1. The Morgan fingerprint density at radius 1 is 1.13 bits per heavy atom. The summed E-state index contributed by atoms with van der Waals surface area (Å²) in [4.78, 5) is 14.1. The predicted octanol–water partition coefficient (Wildman–Crippen LogP) is 2.76. The Kier molecular flexibility index (Phi) is 3.79. The number of rotatable bonds is 1. The third-order valence-electron chi connectivity index (χ3n) is 4.03. The molecule has 1 saturated carbocycles. The van der Waals surface area contributed by atoms with Gasteiger partial charge in [-0.3, -0.25) is 9.69 Å². The van der Waals surface area contributed by atoms with E-state index in [0.29, 0.717) is 17.9 Å². The molecule has 2 aliphatic rings. The molecule has 2 fully saturated rings. The lowest BCUT2D eigenvalue weighted by Crippen LogP contribution is -2.44. The maximum atomic E-state index is 11.5. The zero-order valence-corrected chi connectivity index (χ0v) is 9.87. The van der Waals surface area contributed by atoms with Crippen LogP contribution in [0.5, 0.6) is 0 Å². The molecule has 0 aromatic heterocycles. The van der Waals surface area contributed by atoms with E-state index in [9.17, 15) is 4.79 Å². The second-order valence-corrected chi connectivity index (χ2v) is 5.23. The van der Waals surface area contributed by atoms with Crippen molar-refractivity contribution in [2.75, 3.05) is 6.54 Å². The van der Waals surface area contributed by atoms with Crippen LogP contribution in [-0.2, 0) is 4.79 Å². The van der Waals surface area contributed by atoms with Gasteiger partial charge in [-0.2, -0.15) is 0 Å². The molecule has 1 aliphatic heterocycles. The van der Waals surface area contributed by atoms with E-state index in [1.54, 1.807) is 0 Å². The fourth-order valence-corrected chi connectivity index (χ4v) is 3.12. The molecular weight excluding hydrogens is 186 g/mol. The quantitative estimate of drug-likeness (QED) is 0.662. The van der Waals surface area contributed by atoms with E-state index in [1.807, 2.05) is 0 Å². The lowest BCUT2D eigenvalue weighted by molar-refractivity contribution is -0.122. The van der Waals surface area contributed by atoms with Crippen molar-refractivity contribution < 1.29 is 4.79 Å². The summed E-state index contributed by atoms with van der Waals surface area (Å²) in [5, 5.41) is 0. The number of ketones is 1. The van der Waals surface area contributed by atoms with Gasteiger partial charge in [0.25, 0.3) is 0 Å². The molecule has 15 heavy (non-hydrogen) atoms. The lowest BCUT2D eigenvalue weighted by Gasteiger charge is -2.37. The number of nitrogens with zero attached hydrogens (tertiary/aromatic N) is 1. The van der Waals surface area contributed by atoms with Crippen molar-refractivity contribution in [1.29, 1.82) is 0 Å². The third-order valence-corrected chi connectivity index (χ3v) is 4.03. The fraction of sp³-hybridized carbons (Fsp3) is 0.923. The molecule has 1 saturated heterocycles. The Balaban J connectivity index is 1.96. The first-order chi connectivity index (χ1) is 7.27. The molecule has 0 N–H and O–H groups in total. The Bertz CT molecular complexity index is 227.